The van der Waals surface area contributed by atoms with Crippen LogP contribution in [0.15, 0.2) is 24.3 Å². The third kappa shape index (κ3) is 1.38. The van der Waals surface area contributed by atoms with E-state index in [9.17, 15) is 0 Å². The van der Waals surface area contributed by atoms with Gasteiger partial charge in [0.25, 0.3) is 0 Å². The van der Waals surface area contributed by atoms with Crippen LogP contribution in [0.4, 0.5) is 0 Å². The number of aryl methyl sites for hydroxylation is 1. The second-order valence-electron chi connectivity index (χ2n) is 3.67. The molecule has 0 aromatic heterocycles. The van der Waals surface area contributed by atoms with Crippen LogP contribution < -0.4 is 0 Å². The maximum atomic E-state index is 3.98. The SMILES string of the molecule is [CH2]CC1CCc2ccccc2C1. The molecule has 0 spiro atoms. The van der Waals surface area contributed by atoms with Crippen molar-refractivity contribution in [3.8, 4) is 0 Å². The molecule has 0 aliphatic heterocycles. The zero-order valence-electron chi connectivity index (χ0n) is 7.42. The Bertz CT molecular complexity index is 262. The van der Waals surface area contributed by atoms with E-state index in [0.29, 0.717) is 0 Å². The van der Waals surface area contributed by atoms with Gasteiger partial charge in [0.1, 0.15) is 0 Å². The Hall–Kier alpha value is -0.780. The number of fused-ring (bicyclic) bond motifs is 1. The Morgan fingerprint density at radius 3 is 2.75 bits per heavy atom. The van der Waals surface area contributed by atoms with Gasteiger partial charge in [-0.2, -0.15) is 0 Å². The molecule has 0 heterocycles. The molecule has 0 saturated heterocycles. The quantitative estimate of drug-likeness (QED) is 0.591. The first-order valence-electron chi connectivity index (χ1n) is 4.76. The van der Waals surface area contributed by atoms with Crippen molar-refractivity contribution < 1.29 is 0 Å². The van der Waals surface area contributed by atoms with E-state index in [1.165, 1.54) is 19.3 Å². The van der Waals surface area contributed by atoms with Crippen molar-refractivity contribution in [2.45, 2.75) is 25.7 Å². The zero-order chi connectivity index (χ0) is 8.39. The third-order valence-electron chi connectivity index (χ3n) is 2.86. The molecule has 1 radical (unpaired) electrons. The van der Waals surface area contributed by atoms with Crippen molar-refractivity contribution in [2.24, 2.45) is 5.92 Å². The summed E-state index contributed by atoms with van der Waals surface area (Å²) in [5.41, 5.74) is 3.11. The molecule has 1 aromatic rings. The van der Waals surface area contributed by atoms with E-state index in [1.807, 2.05) is 0 Å². The Kier molecular flexibility index (Phi) is 2.16. The molecule has 1 aromatic carbocycles. The molecule has 1 atom stereocenters. The fourth-order valence-electron chi connectivity index (χ4n) is 2.02. The van der Waals surface area contributed by atoms with E-state index in [2.05, 4.69) is 31.2 Å². The van der Waals surface area contributed by atoms with Crippen LogP contribution in [0.3, 0.4) is 0 Å². The monoisotopic (exact) mass is 159 g/mol. The van der Waals surface area contributed by atoms with Gasteiger partial charge in [0.2, 0.25) is 0 Å². The summed E-state index contributed by atoms with van der Waals surface area (Å²) in [4.78, 5) is 0. The first-order valence-corrected chi connectivity index (χ1v) is 4.76. The summed E-state index contributed by atoms with van der Waals surface area (Å²) >= 11 is 0. The summed E-state index contributed by atoms with van der Waals surface area (Å²) in [6.45, 7) is 3.98. The van der Waals surface area contributed by atoms with Crippen molar-refractivity contribution in [3.05, 3.63) is 42.3 Å². The lowest BCUT2D eigenvalue weighted by molar-refractivity contribution is 0.462. The zero-order valence-corrected chi connectivity index (χ0v) is 7.42. The molecule has 63 valence electrons. The summed E-state index contributed by atoms with van der Waals surface area (Å²) in [5.74, 6) is 0.833. The van der Waals surface area contributed by atoms with Gasteiger partial charge in [0.15, 0.2) is 0 Å². The Morgan fingerprint density at radius 2 is 2.00 bits per heavy atom. The average molecular weight is 159 g/mol. The second kappa shape index (κ2) is 3.30. The molecule has 0 amide bonds. The molecule has 0 nitrogen and oxygen atoms in total. The van der Waals surface area contributed by atoms with E-state index in [4.69, 9.17) is 0 Å². The first-order chi connectivity index (χ1) is 5.90. The topological polar surface area (TPSA) is 0 Å². The Morgan fingerprint density at radius 1 is 1.25 bits per heavy atom. The van der Waals surface area contributed by atoms with Crippen molar-refractivity contribution in [1.29, 1.82) is 0 Å². The van der Waals surface area contributed by atoms with Gasteiger partial charge < -0.3 is 0 Å². The number of benzene rings is 1. The van der Waals surface area contributed by atoms with Crippen LogP contribution in [0.1, 0.15) is 24.0 Å². The summed E-state index contributed by atoms with van der Waals surface area (Å²) in [6.07, 6.45) is 4.94. The maximum absolute atomic E-state index is 3.98. The lowest BCUT2D eigenvalue weighted by atomic mass is 9.83. The van der Waals surface area contributed by atoms with Crippen LogP contribution >= 0.6 is 0 Å². The fraction of sp³-hybridized carbons (Fsp3) is 0.417. The average Bonchev–Trinajstić information content (AvgIpc) is 2.17. The molecule has 0 heteroatoms. The number of hydrogen-bond acceptors (Lipinski definition) is 0. The van der Waals surface area contributed by atoms with Gasteiger partial charge in [0.05, 0.1) is 0 Å². The van der Waals surface area contributed by atoms with Crippen molar-refractivity contribution >= 4 is 0 Å². The molecule has 0 saturated carbocycles. The van der Waals surface area contributed by atoms with Crippen molar-refractivity contribution in [1.82, 2.24) is 0 Å². The lowest BCUT2D eigenvalue weighted by Crippen LogP contribution is -2.12. The highest BCUT2D eigenvalue weighted by atomic mass is 14.2. The standard InChI is InChI=1S/C12H15/c1-2-10-7-8-11-5-3-4-6-12(11)9-10/h3-6,10H,1-2,7-9H2. The number of rotatable bonds is 1. The van der Waals surface area contributed by atoms with Gasteiger partial charge in [-0.25, -0.2) is 0 Å². The fourth-order valence-corrected chi connectivity index (χ4v) is 2.02. The molecule has 1 unspecified atom stereocenters. The predicted octanol–water partition coefficient (Wildman–Crippen LogP) is 3.02. The van der Waals surface area contributed by atoms with Crippen molar-refractivity contribution in [2.75, 3.05) is 0 Å². The molecular weight excluding hydrogens is 144 g/mol. The smallest absolute Gasteiger partial charge is 0.0248 e. The highest BCUT2D eigenvalue weighted by molar-refractivity contribution is 5.29. The van der Waals surface area contributed by atoms with E-state index >= 15 is 0 Å². The minimum absolute atomic E-state index is 0.833. The predicted molar refractivity (Wildman–Crippen MR) is 51.9 cm³/mol. The number of hydrogen-bond donors (Lipinski definition) is 0. The van der Waals surface area contributed by atoms with Crippen LogP contribution in [-0.4, -0.2) is 0 Å². The third-order valence-corrected chi connectivity index (χ3v) is 2.86. The Labute approximate surface area is 74.6 Å². The van der Waals surface area contributed by atoms with Crippen molar-refractivity contribution in [3.63, 3.8) is 0 Å². The highest BCUT2D eigenvalue weighted by Crippen LogP contribution is 2.26. The molecule has 0 N–H and O–H groups in total. The van der Waals surface area contributed by atoms with Gasteiger partial charge >= 0.3 is 0 Å². The van der Waals surface area contributed by atoms with E-state index in [1.54, 1.807) is 11.1 Å². The maximum Gasteiger partial charge on any atom is -0.0248 e. The van der Waals surface area contributed by atoms with E-state index in [0.717, 1.165) is 12.3 Å². The highest BCUT2D eigenvalue weighted by Gasteiger charge is 2.15. The van der Waals surface area contributed by atoms with Gasteiger partial charge in [-0.1, -0.05) is 37.6 Å². The van der Waals surface area contributed by atoms with Gasteiger partial charge in [-0.3, -0.25) is 0 Å². The van der Waals surface area contributed by atoms with Crippen LogP contribution in [0, 0.1) is 12.8 Å². The largest absolute Gasteiger partial charge is 0.0620 e. The van der Waals surface area contributed by atoms with Gasteiger partial charge in [-0.05, 0) is 36.3 Å². The molecule has 0 bridgehead atoms. The molecule has 12 heavy (non-hydrogen) atoms. The van der Waals surface area contributed by atoms with Crippen LogP contribution in [0.5, 0.6) is 0 Å². The summed E-state index contributed by atoms with van der Waals surface area (Å²) in [6, 6.07) is 8.81. The first kappa shape index (κ1) is 7.85. The summed E-state index contributed by atoms with van der Waals surface area (Å²) < 4.78 is 0. The minimum Gasteiger partial charge on any atom is -0.0620 e. The normalized spacial score (nSPS) is 21.9. The van der Waals surface area contributed by atoms with Crippen LogP contribution in [0.2, 0.25) is 0 Å². The summed E-state index contributed by atoms with van der Waals surface area (Å²) in [7, 11) is 0. The van der Waals surface area contributed by atoms with E-state index in [-0.39, 0.29) is 0 Å². The molecule has 1 aliphatic rings. The van der Waals surface area contributed by atoms with Crippen LogP contribution in [0.25, 0.3) is 0 Å². The molecular formula is C12H15. The van der Waals surface area contributed by atoms with Gasteiger partial charge in [-0.15, -0.1) is 0 Å². The van der Waals surface area contributed by atoms with E-state index < -0.39 is 0 Å². The Balaban J connectivity index is 2.23. The second-order valence-corrected chi connectivity index (χ2v) is 3.67. The lowest BCUT2D eigenvalue weighted by Gasteiger charge is -2.22. The molecule has 0 fully saturated rings. The van der Waals surface area contributed by atoms with Gasteiger partial charge in [0, 0.05) is 0 Å². The molecule has 2 rings (SSSR count). The minimum atomic E-state index is 0.833. The summed E-state index contributed by atoms with van der Waals surface area (Å²) in [5, 5.41) is 0. The van der Waals surface area contributed by atoms with Crippen LogP contribution in [-0.2, 0) is 12.8 Å². The molecule has 1 aliphatic carbocycles.